The minimum Gasteiger partial charge on any atom is -0.496 e. The highest BCUT2D eigenvalue weighted by Crippen LogP contribution is 2.27. The Labute approximate surface area is 164 Å². The van der Waals surface area contributed by atoms with Gasteiger partial charge in [-0.3, -0.25) is 0 Å². The molecule has 3 nitrogen and oxygen atoms in total. The van der Waals surface area contributed by atoms with Crippen LogP contribution in [0.2, 0.25) is 0 Å². The number of rotatable bonds is 6. The molecule has 0 saturated carbocycles. The van der Waals surface area contributed by atoms with Crippen LogP contribution < -0.4 is 4.74 Å². The van der Waals surface area contributed by atoms with Crippen LogP contribution in [-0.2, 0) is 9.53 Å². The van der Waals surface area contributed by atoms with E-state index in [0.29, 0.717) is 11.3 Å². The molecule has 28 heavy (non-hydrogen) atoms. The lowest BCUT2D eigenvalue weighted by molar-refractivity contribution is -0.141. The molecule has 0 fully saturated rings. The molecule has 0 aliphatic carbocycles. The molecule has 0 bridgehead atoms. The van der Waals surface area contributed by atoms with Gasteiger partial charge >= 0.3 is 5.97 Å². The predicted octanol–water partition coefficient (Wildman–Crippen LogP) is 5.68. The van der Waals surface area contributed by atoms with Crippen LogP contribution in [0.4, 0.5) is 4.39 Å². The Morgan fingerprint density at radius 3 is 2.25 bits per heavy atom. The molecule has 0 heterocycles. The molecule has 3 aromatic carbocycles. The minimum absolute atomic E-state index is 0.330. The van der Waals surface area contributed by atoms with Crippen molar-refractivity contribution in [2.45, 2.75) is 13.0 Å². The van der Waals surface area contributed by atoms with Crippen molar-refractivity contribution >= 4 is 17.6 Å². The van der Waals surface area contributed by atoms with Gasteiger partial charge in [-0.25, -0.2) is 9.18 Å². The van der Waals surface area contributed by atoms with Gasteiger partial charge in [0.2, 0.25) is 0 Å². The molecule has 0 N–H and O–H groups in total. The lowest BCUT2D eigenvalue weighted by Gasteiger charge is -2.16. The summed E-state index contributed by atoms with van der Waals surface area (Å²) >= 11 is 0. The molecular formula is C24H21FO3. The number of benzene rings is 3. The Hall–Kier alpha value is -3.40. The van der Waals surface area contributed by atoms with Crippen LogP contribution in [0.5, 0.6) is 5.75 Å². The third-order valence-corrected chi connectivity index (χ3v) is 4.37. The summed E-state index contributed by atoms with van der Waals surface area (Å²) in [6.07, 6.45) is 1.24. The summed E-state index contributed by atoms with van der Waals surface area (Å²) in [5.74, 6) is -0.132. The van der Waals surface area contributed by atoms with E-state index >= 15 is 0 Å². The average Bonchev–Trinajstić information content (AvgIpc) is 2.73. The standard InChI is InChI=1S/C24H21FO3/c1-17(18-12-14-21(25)15-13-18)28-24(26)22(19-8-4-3-5-9-19)16-20-10-6-7-11-23(20)27-2/h3-17H,1-2H3/b22-16+/t17-/m0/s1. The third kappa shape index (κ3) is 4.65. The SMILES string of the molecule is COc1ccccc1/C=C(/C(=O)O[C@@H](C)c1ccc(F)cc1)c1ccccc1. The van der Waals surface area contributed by atoms with Crippen LogP contribution in [0, 0.1) is 5.82 Å². The largest absolute Gasteiger partial charge is 0.496 e. The second-order valence-electron chi connectivity index (χ2n) is 6.27. The summed E-state index contributed by atoms with van der Waals surface area (Å²) in [4.78, 5) is 13.0. The number of esters is 1. The molecule has 0 aromatic heterocycles. The number of methoxy groups -OCH3 is 1. The molecular weight excluding hydrogens is 355 g/mol. The smallest absolute Gasteiger partial charge is 0.339 e. The first-order valence-electron chi connectivity index (χ1n) is 8.95. The molecule has 0 aliphatic heterocycles. The van der Waals surface area contributed by atoms with E-state index < -0.39 is 12.1 Å². The molecule has 142 valence electrons. The molecule has 4 heteroatoms. The second kappa shape index (κ2) is 9.00. The van der Waals surface area contributed by atoms with E-state index in [2.05, 4.69) is 0 Å². The predicted molar refractivity (Wildman–Crippen MR) is 108 cm³/mol. The van der Waals surface area contributed by atoms with E-state index in [-0.39, 0.29) is 5.82 Å². The van der Waals surface area contributed by atoms with Gasteiger partial charge in [-0.2, -0.15) is 0 Å². The van der Waals surface area contributed by atoms with Crippen LogP contribution >= 0.6 is 0 Å². The molecule has 0 amide bonds. The summed E-state index contributed by atoms with van der Waals surface area (Å²) in [5, 5.41) is 0. The molecule has 0 aliphatic rings. The van der Waals surface area contributed by atoms with E-state index in [1.54, 1.807) is 32.2 Å². The lowest BCUT2D eigenvalue weighted by atomic mass is 10.0. The van der Waals surface area contributed by atoms with Crippen LogP contribution in [0.15, 0.2) is 78.9 Å². The number of hydrogen-bond donors (Lipinski definition) is 0. The third-order valence-electron chi connectivity index (χ3n) is 4.37. The number of halogens is 1. The van der Waals surface area contributed by atoms with Crippen molar-refractivity contribution in [2.75, 3.05) is 7.11 Å². The first kappa shape index (κ1) is 19.4. The van der Waals surface area contributed by atoms with Gasteiger partial charge in [0, 0.05) is 5.56 Å². The molecule has 0 spiro atoms. The zero-order chi connectivity index (χ0) is 19.9. The molecule has 0 unspecified atom stereocenters. The van der Waals surface area contributed by atoms with Crippen molar-refractivity contribution in [1.82, 2.24) is 0 Å². The van der Waals surface area contributed by atoms with Crippen LogP contribution in [0.1, 0.15) is 29.7 Å². The highest BCUT2D eigenvalue weighted by molar-refractivity contribution is 6.21. The summed E-state index contributed by atoms with van der Waals surface area (Å²) in [6.45, 7) is 1.76. The number of para-hydroxylation sites is 1. The normalized spacial score (nSPS) is 12.3. The Kier molecular flexibility index (Phi) is 6.22. The monoisotopic (exact) mass is 376 g/mol. The van der Waals surface area contributed by atoms with Gasteiger partial charge in [-0.15, -0.1) is 0 Å². The molecule has 1 atom stereocenters. The van der Waals surface area contributed by atoms with Gasteiger partial charge in [0.1, 0.15) is 17.7 Å². The Balaban J connectivity index is 1.94. The van der Waals surface area contributed by atoms with E-state index in [1.165, 1.54) is 12.1 Å². The van der Waals surface area contributed by atoms with Crippen molar-refractivity contribution in [2.24, 2.45) is 0 Å². The maximum Gasteiger partial charge on any atom is 0.339 e. The fourth-order valence-corrected chi connectivity index (χ4v) is 2.84. The zero-order valence-electron chi connectivity index (χ0n) is 15.8. The van der Waals surface area contributed by atoms with Crippen LogP contribution in [0.25, 0.3) is 11.6 Å². The highest BCUT2D eigenvalue weighted by Gasteiger charge is 2.18. The lowest BCUT2D eigenvalue weighted by Crippen LogP contribution is -2.11. The second-order valence-corrected chi connectivity index (χ2v) is 6.27. The maximum atomic E-state index is 13.1. The van der Waals surface area contributed by atoms with Crippen molar-refractivity contribution in [1.29, 1.82) is 0 Å². The maximum absolute atomic E-state index is 13.1. The Bertz CT molecular complexity index is 963. The van der Waals surface area contributed by atoms with E-state index in [0.717, 1.165) is 16.7 Å². The van der Waals surface area contributed by atoms with Crippen LogP contribution in [0.3, 0.4) is 0 Å². The van der Waals surface area contributed by atoms with Crippen LogP contribution in [-0.4, -0.2) is 13.1 Å². The summed E-state index contributed by atoms with van der Waals surface area (Å²) < 4.78 is 24.2. The van der Waals surface area contributed by atoms with E-state index in [1.807, 2.05) is 54.6 Å². The van der Waals surface area contributed by atoms with Gasteiger partial charge in [0.05, 0.1) is 12.7 Å². The van der Waals surface area contributed by atoms with Gasteiger partial charge < -0.3 is 9.47 Å². The average molecular weight is 376 g/mol. The topological polar surface area (TPSA) is 35.5 Å². The van der Waals surface area contributed by atoms with Crippen molar-refractivity contribution in [3.8, 4) is 5.75 Å². The summed E-state index contributed by atoms with van der Waals surface area (Å²) in [6, 6.07) is 22.7. The highest BCUT2D eigenvalue weighted by atomic mass is 19.1. The summed E-state index contributed by atoms with van der Waals surface area (Å²) in [7, 11) is 1.59. The molecule has 0 saturated heterocycles. The summed E-state index contributed by atoms with van der Waals surface area (Å²) in [5.41, 5.74) is 2.65. The fraction of sp³-hybridized carbons (Fsp3) is 0.125. The molecule has 3 rings (SSSR count). The van der Waals surface area contributed by atoms with Gasteiger partial charge in [0.15, 0.2) is 0 Å². The first-order chi connectivity index (χ1) is 13.6. The first-order valence-corrected chi connectivity index (χ1v) is 8.95. The minimum atomic E-state index is -0.516. The van der Waals surface area contributed by atoms with Gasteiger partial charge in [-0.1, -0.05) is 60.7 Å². The fourth-order valence-electron chi connectivity index (χ4n) is 2.84. The Morgan fingerprint density at radius 1 is 0.929 bits per heavy atom. The van der Waals surface area contributed by atoms with Gasteiger partial charge in [-0.05, 0) is 42.3 Å². The van der Waals surface area contributed by atoms with Crippen molar-refractivity contribution < 1.29 is 18.7 Å². The molecule has 3 aromatic rings. The quantitative estimate of drug-likeness (QED) is 0.315. The van der Waals surface area contributed by atoms with Crippen molar-refractivity contribution in [3.63, 3.8) is 0 Å². The number of ether oxygens (including phenoxy) is 2. The van der Waals surface area contributed by atoms with Gasteiger partial charge in [0.25, 0.3) is 0 Å². The number of carbonyl (C=O) groups excluding carboxylic acids is 1. The zero-order valence-corrected chi connectivity index (χ0v) is 15.8. The number of carbonyl (C=O) groups is 1. The van der Waals surface area contributed by atoms with E-state index in [4.69, 9.17) is 9.47 Å². The van der Waals surface area contributed by atoms with Crippen molar-refractivity contribution in [3.05, 3.63) is 101 Å². The Morgan fingerprint density at radius 2 is 1.57 bits per heavy atom. The van der Waals surface area contributed by atoms with E-state index in [9.17, 15) is 9.18 Å². The molecule has 0 radical (unpaired) electrons. The number of hydrogen-bond acceptors (Lipinski definition) is 3.